The number of hydrogen-bond acceptors (Lipinski definition) is 16. The van der Waals surface area contributed by atoms with Crippen LogP contribution in [0.2, 0.25) is 0 Å². The van der Waals surface area contributed by atoms with Gasteiger partial charge in [0.2, 0.25) is 10.4 Å². The second kappa shape index (κ2) is 13.5. The van der Waals surface area contributed by atoms with Gasteiger partial charge in [0.25, 0.3) is 24.2 Å². The van der Waals surface area contributed by atoms with Gasteiger partial charge in [-0.15, -0.1) is 11.3 Å². The van der Waals surface area contributed by atoms with Crippen molar-refractivity contribution < 1.29 is 50.9 Å². The van der Waals surface area contributed by atoms with Gasteiger partial charge >= 0.3 is 11.9 Å². The van der Waals surface area contributed by atoms with E-state index in [-0.39, 0.29) is 16.6 Å². The first-order valence-corrected chi connectivity index (χ1v) is 15.1. The number of carbonyl (C=O) groups excluding carboxylic acids is 2. The molecule has 0 spiro atoms. The fraction of sp³-hybridized carbons (Fsp3) is 0.391. The first kappa shape index (κ1) is 33.1. The van der Waals surface area contributed by atoms with Crippen molar-refractivity contribution in [1.82, 2.24) is 29.9 Å². The van der Waals surface area contributed by atoms with E-state index in [1.807, 2.05) is 10.8 Å². The molecule has 0 unspecified atom stereocenters. The Balaban J connectivity index is 1.44. The molecule has 1 aliphatic rings. The fourth-order valence-corrected chi connectivity index (χ4v) is 4.88. The van der Waals surface area contributed by atoms with E-state index in [0.29, 0.717) is 17.6 Å². The van der Waals surface area contributed by atoms with Gasteiger partial charge < -0.3 is 36.0 Å². The maximum atomic E-state index is 13.2. The second-order valence-corrected chi connectivity index (χ2v) is 11.7. The zero-order chi connectivity index (χ0) is 32.9. The molecule has 0 aliphatic carbocycles. The van der Waals surface area contributed by atoms with Gasteiger partial charge in [-0.25, -0.2) is 22.8 Å². The third-order valence-electron chi connectivity index (χ3n) is 6.20. The standard InChI is InChI=1S/C23H28N10O10S2/c1-23(2)17(19(35)33(23)43-45(38,39)40)29-18(34)16(14-11-44-21(25)28-14)30-42-15(20(36)37)10-41-13-8-26-22(27-9-13)32-7-6-31(12-32)5-3-4-24/h6-9,11-12,15,17H,3-5,10,24H2,1-2H3,(H4-,25,28,29,34,36,37,38,39,40)/b30-16-/t15-,17+/m0/s1. The number of nitrogens with zero attached hydrogens (tertiary/aromatic N) is 7. The minimum absolute atomic E-state index is 0.0395. The number of nitrogens with two attached hydrogens (primary N) is 2. The van der Waals surface area contributed by atoms with E-state index in [1.54, 1.807) is 17.1 Å². The fourth-order valence-electron chi connectivity index (χ4n) is 3.89. The van der Waals surface area contributed by atoms with Crippen LogP contribution >= 0.6 is 11.3 Å². The number of hydroxylamine groups is 2. The van der Waals surface area contributed by atoms with E-state index in [9.17, 15) is 32.5 Å². The number of imidazole rings is 1. The molecule has 0 radical (unpaired) electrons. The van der Waals surface area contributed by atoms with Crippen molar-refractivity contribution in [3.63, 3.8) is 0 Å². The summed E-state index contributed by atoms with van der Waals surface area (Å²) in [4.78, 5) is 54.9. The van der Waals surface area contributed by atoms with Gasteiger partial charge in [-0.1, -0.05) is 5.16 Å². The Morgan fingerprint density at radius 1 is 1.33 bits per heavy atom. The van der Waals surface area contributed by atoms with Crippen LogP contribution in [0.4, 0.5) is 5.13 Å². The third kappa shape index (κ3) is 8.04. The van der Waals surface area contributed by atoms with Crippen LogP contribution in [-0.2, 0) is 40.4 Å². The Labute approximate surface area is 259 Å². The van der Waals surface area contributed by atoms with Gasteiger partial charge in [0, 0.05) is 5.38 Å². The highest BCUT2D eigenvalue weighted by Crippen LogP contribution is 2.33. The summed E-state index contributed by atoms with van der Waals surface area (Å²) in [6.45, 7) is 3.34. The van der Waals surface area contributed by atoms with Crippen molar-refractivity contribution >= 4 is 50.4 Å². The van der Waals surface area contributed by atoms with E-state index >= 15 is 0 Å². The number of thiazole rings is 1. The highest BCUT2D eigenvalue weighted by molar-refractivity contribution is 7.80. The monoisotopic (exact) mass is 668 g/mol. The van der Waals surface area contributed by atoms with Gasteiger partial charge in [0.15, 0.2) is 16.6 Å². The number of aliphatic carboxylic acids is 1. The van der Waals surface area contributed by atoms with Gasteiger partial charge in [0.05, 0.1) is 24.5 Å². The highest BCUT2D eigenvalue weighted by atomic mass is 32.3. The van der Waals surface area contributed by atoms with E-state index in [1.165, 1.54) is 31.6 Å². The molecule has 242 valence electrons. The molecule has 3 aromatic heterocycles. The summed E-state index contributed by atoms with van der Waals surface area (Å²) in [5, 5.41) is 17.3. The van der Waals surface area contributed by atoms with Crippen molar-refractivity contribution in [2.45, 2.75) is 44.5 Å². The highest BCUT2D eigenvalue weighted by Gasteiger charge is 2.57. The summed E-state index contributed by atoms with van der Waals surface area (Å²) in [6, 6.07) is -1.36. The lowest BCUT2D eigenvalue weighted by atomic mass is 9.84. The number of oxime groups is 1. The number of nitrogen functional groups attached to an aromatic ring is 1. The van der Waals surface area contributed by atoms with E-state index < -0.39 is 58.2 Å². The van der Waals surface area contributed by atoms with Gasteiger partial charge in [0.1, 0.15) is 30.7 Å². The molecule has 22 heteroatoms. The summed E-state index contributed by atoms with van der Waals surface area (Å²) in [7, 11) is -5.27. The Morgan fingerprint density at radius 3 is 2.62 bits per heavy atom. The van der Waals surface area contributed by atoms with Crippen LogP contribution < -0.4 is 26.1 Å². The molecule has 20 nitrogen and oxygen atoms in total. The number of anilines is 1. The third-order valence-corrected chi connectivity index (χ3v) is 7.21. The van der Waals surface area contributed by atoms with Crippen molar-refractivity contribution in [2.75, 3.05) is 18.9 Å². The minimum atomic E-state index is -5.27. The van der Waals surface area contributed by atoms with Crippen LogP contribution in [0.3, 0.4) is 0 Å². The number of aromatic nitrogens is 5. The average molecular weight is 669 g/mol. The molecule has 1 fully saturated rings. The number of ether oxygens (including phenoxy) is 1. The minimum Gasteiger partial charge on any atom is -0.724 e. The Hall–Kier alpha value is -4.77. The number of rotatable bonds is 15. The van der Waals surface area contributed by atoms with Crippen LogP contribution in [0.25, 0.3) is 5.95 Å². The van der Waals surface area contributed by atoms with Crippen molar-refractivity contribution in [1.29, 1.82) is 0 Å². The number of nitrogens with one attached hydrogen (secondary N) is 1. The SMILES string of the molecule is CC1(C)[C@H](NC(=O)/C(=N\O[C@@H](COc2cnc(-n3cc[n+](CCCN)c3)nc2)C(=O)O)c2csc(N)n2)C(=O)N1OS(=O)(=O)[O-]. The Kier molecular flexibility index (Phi) is 9.92. The van der Waals surface area contributed by atoms with E-state index in [4.69, 9.17) is 21.0 Å². The Bertz CT molecular complexity index is 1690. The van der Waals surface area contributed by atoms with Crippen LogP contribution in [0.15, 0.2) is 41.7 Å². The summed E-state index contributed by atoms with van der Waals surface area (Å²) in [5.74, 6) is -3.15. The number of carboxylic acids is 1. The molecule has 2 amide bonds. The van der Waals surface area contributed by atoms with E-state index in [0.717, 1.165) is 24.3 Å². The molecule has 1 aliphatic heterocycles. The molecule has 4 rings (SSSR count). The predicted molar refractivity (Wildman–Crippen MR) is 150 cm³/mol. The molecular weight excluding hydrogens is 640 g/mol. The quantitative estimate of drug-likeness (QED) is 0.0331. The first-order chi connectivity index (χ1) is 21.2. The summed E-state index contributed by atoms with van der Waals surface area (Å²) in [5.41, 5.74) is 9.06. The topological polar surface area (TPSA) is 283 Å². The Morgan fingerprint density at radius 2 is 2.04 bits per heavy atom. The summed E-state index contributed by atoms with van der Waals surface area (Å²) in [6.07, 6.45) is 7.09. The molecule has 0 aromatic carbocycles. The molecular formula is C23H28N10O10S2. The number of hydrogen-bond donors (Lipinski definition) is 4. The second-order valence-electron chi connectivity index (χ2n) is 9.85. The predicted octanol–water partition coefficient (Wildman–Crippen LogP) is -2.31. The van der Waals surface area contributed by atoms with Crippen LogP contribution in [0.5, 0.6) is 5.75 Å². The number of β-lactam (4-membered cyclic amide) rings is 1. The molecule has 45 heavy (non-hydrogen) atoms. The molecule has 2 atom stereocenters. The zero-order valence-electron chi connectivity index (χ0n) is 23.7. The molecule has 6 N–H and O–H groups in total. The molecule has 3 aromatic rings. The van der Waals surface area contributed by atoms with Crippen LogP contribution in [-0.4, -0.2) is 97.0 Å². The lowest BCUT2D eigenvalue weighted by Crippen LogP contribution is -2.76. The van der Waals surface area contributed by atoms with Crippen molar-refractivity contribution in [2.24, 2.45) is 10.9 Å². The largest absolute Gasteiger partial charge is 0.724 e. The zero-order valence-corrected chi connectivity index (χ0v) is 25.3. The maximum Gasteiger partial charge on any atom is 0.351 e. The summed E-state index contributed by atoms with van der Waals surface area (Å²) >= 11 is 0.939. The number of carboxylic acid groups (broad SMARTS) is 1. The van der Waals surface area contributed by atoms with Crippen LogP contribution in [0, 0.1) is 0 Å². The van der Waals surface area contributed by atoms with Crippen molar-refractivity contribution in [3.05, 3.63) is 42.2 Å². The normalized spacial score (nSPS) is 17.0. The lowest BCUT2D eigenvalue weighted by Gasteiger charge is -2.51. The lowest BCUT2D eigenvalue weighted by molar-refractivity contribution is -0.696. The van der Waals surface area contributed by atoms with Gasteiger partial charge in [-0.3, -0.25) is 9.59 Å². The molecule has 1 saturated heterocycles. The average Bonchev–Trinajstić information content (AvgIpc) is 3.64. The van der Waals surface area contributed by atoms with Gasteiger partial charge in [-0.05, 0) is 26.8 Å². The first-order valence-electron chi connectivity index (χ1n) is 12.9. The van der Waals surface area contributed by atoms with Gasteiger partial charge in [-0.2, -0.15) is 23.9 Å². The number of aryl methyl sites for hydroxylation is 1. The van der Waals surface area contributed by atoms with Crippen LogP contribution in [0.1, 0.15) is 26.0 Å². The number of amides is 2. The maximum absolute atomic E-state index is 13.2. The molecule has 0 saturated carbocycles. The molecule has 4 heterocycles. The number of carbonyl (C=O) groups is 3. The smallest absolute Gasteiger partial charge is 0.351 e. The van der Waals surface area contributed by atoms with E-state index in [2.05, 4.69) is 29.7 Å². The van der Waals surface area contributed by atoms with Crippen molar-refractivity contribution in [3.8, 4) is 11.7 Å². The summed E-state index contributed by atoms with van der Waals surface area (Å²) < 4.78 is 46.1. The molecule has 0 bridgehead atoms.